The fraction of sp³-hybridized carbons (Fsp3) is 0.286. The smallest absolute Gasteiger partial charge is 0.416 e. The molecule has 132 valence electrons. The van der Waals surface area contributed by atoms with Gasteiger partial charge in [0.2, 0.25) is 0 Å². The number of halogens is 4. The second kappa shape index (κ2) is 8.02. The van der Waals surface area contributed by atoms with Gasteiger partial charge in [0.05, 0.1) is 23.0 Å². The zero-order chi connectivity index (χ0) is 17.0. The summed E-state index contributed by atoms with van der Waals surface area (Å²) < 4.78 is 44.4. The monoisotopic (exact) mass is 364 g/mol. The van der Waals surface area contributed by atoms with Gasteiger partial charge in [0, 0.05) is 14.1 Å². The summed E-state index contributed by atoms with van der Waals surface area (Å²) in [5.74, 6) is -0.120. The van der Waals surface area contributed by atoms with Gasteiger partial charge in [-0.15, -0.1) is 12.4 Å². The zero-order valence-electron chi connectivity index (χ0n) is 12.8. The third kappa shape index (κ3) is 4.62. The topological polar surface area (TPSA) is 68.2 Å². The summed E-state index contributed by atoms with van der Waals surface area (Å²) in [5, 5.41) is 3.98. The molecule has 0 saturated carbocycles. The molecule has 2 aromatic rings. The normalized spacial score (nSPS) is 10.9. The number of nitrogens with zero attached hydrogens (tertiary/aromatic N) is 2. The molecule has 6 nitrogen and oxygen atoms in total. The average molecular weight is 365 g/mol. The lowest BCUT2D eigenvalue weighted by molar-refractivity contribution is -0.137. The molecule has 0 radical (unpaired) electrons. The first kappa shape index (κ1) is 19.8. The van der Waals surface area contributed by atoms with E-state index in [4.69, 9.17) is 4.74 Å². The lowest BCUT2D eigenvalue weighted by atomic mass is 10.2. The van der Waals surface area contributed by atoms with Crippen molar-refractivity contribution in [2.75, 3.05) is 7.05 Å². The maximum atomic E-state index is 12.5. The Kier molecular flexibility index (Phi) is 6.61. The Hall–Kier alpha value is -2.26. The Bertz CT molecular complexity index is 686. The number of hydrazine groups is 1. The van der Waals surface area contributed by atoms with E-state index in [1.54, 1.807) is 14.1 Å². The number of rotatable bonds is 5. The number of carbonyl (C=O) groups is 1. The summed E-state index contributed by atoms with van der Waals surface area (Å²) in [6.45, 7) is -0.00562. The van der Waals surface area contributed by atoms with E-state index >= 15 is 0 Å². The molecule has 0 aliphatic rings. The van der Waals surface area contributed by atoms with Crippen LogP contribution in [0.2, 0.25) is 0 Å². The lowest BCUT2D eigenvalue weighted by Gasteiger charge is -2.10. The first-order chi connectivity index (χ1) is 10.8. The molecular weight excluding hydrogens is 349 g/mol. The van der Waals surface area contributed by atoms with Crippen LogP contribution in [0.15, 0.2) is 30.5 Å². The zero-order valence-corrected chi connectivity index (χ0v) is 13.7. The quantitative estimate of drug-likeness (QED) is 0.799. The lowest BCUT2D eigenvalue weighted by Crippen LogP contribution is -2.34. The van der Waals surface area contributed by atoms with Crippen molar-refractivity contribution in [2.24, 2.45) is 7.05 Å². The number of hydrogen-bond acceptors (Lipinski definition) is 4. The van der Waals surface area contributed by atoms with Crippen molar-refractivity contribution in [3.05, 3.63) is 47.3 Å². The summed E-state index contributed by atoms with van der Waals surface area (Å²) >= 11 is 0. The van der Waals surface area contributed by atoms with Crippen LogP contribution < -0.4 is 15.6 Å². The minimum absolute atomic E-state index is 0. The SMILES string of the molecule is CNNC(=O)c1cnn(C)c1COc1ccc(C(F)(F)F)cc1.Cl. The van der Waals surface area contributed by atoms with E-state index in [2.05, 4.69) is 16.0 Å². The average Bonchev–Trinajstić information content (AvgIpc) is 2.86. The number of nitrogens with one attached hydrogen (secondary N) is 2. The Morgan fingerprint density at radius 1 is 1.29 bits per heavy atom. The highest BCUT2D eigenvalue weighted by atomic mass is 35.5. The summed E-state index contributed by atoms with van der Waals surface area (Å²) in [5.41, 5.74) is 4.99. The molecule has 10 heteroatoms. The predicted octanol–water partition coefficient (Wildman–Crippen LogP) is 2.30. The molecule has 0 saturated heterocycles. The standard InChI is InChI=1S/C14H15F3N4O2.ClH/c1-18-20-13(22)11-7-19-21(2)12(11)8-23-10-5-3-9(4-6-10)14(15,16)17;/h3-7,18H,8H2,1-2H3,(H,20,22);1H. The Morgan fingerprint density at radius 3 is 2.46 bits per heavy atom. The molecule has 24 heavy (non-hydrogen) atoms. The molecule has 2 rings (SSSR count). The Labute approximate surface area is 142 Å². The number of amides is 1. The number of ether oxygens (including phenoxy) is 1. The van der Waals surface area contributed by atoms with E-state index in [1.807, 2.05) is 0 Å². The van der Waals surface area contributed by atoms with Crippen LogP contribution in [-0.4, -0.2) is 22.7 Å². The molecule has 1 aromatic carbocycles. The van der Waals surface area contributed by atoms with Gasteiger partial charge in [-0.1, -0.05) is 0 Å². The fourth-order valence-electron chi connectivity index (χ4n) is 1.90. The predicted molar refractivity (Wildman–Crippen MR) is 82.8 cm³/mol. The van der Waals surface area contributed by atoms with Crippen molar-refractivity contribution in [1.82, 2.24) is 20.6 Å². The molecule has 0 aliphatic carbocycles. The van der Waals surface area contributed by atoms with E-state index in [0.29, 0.717) is 11.3 Å². The second-order valence-electron chi connectivity index (χ2n) is 4.64. The van der Waals surface area contributed by atoms with Crippen molar-refractivity contribution in [3.63, 3.8) is 0 Å². The first-order valence-corrected chi connectivity index (χ1v) is 6.61. The van der Waals surface area contributed by atoms with Gasteiger partial charge in [-0.25, -0.2) is 5.43 Å². The number of aryl methyl sites for hydroxylation is 1. The van der Waals surface area contributed by atoms with Crippen molar-refractivity contribution in [1.29, 1.82) is 0 Å². The van der Waals surface area contributed by atoms with Crippen LogP contribution in [0.1, 0.15) is 21.6 Å². The molecule has 1 aromatic heterocycles. The maximum absolute atomic E-state index is 12.5. The fourth-order valence-corrected chi connectivity index (χ4v) is 1.90. The molecule has 0 fully saturated rings. The van der Waals surface area contributed by atoms with Crippen molar-refractivity contribution < 1.29 is 22.7 Å². The summed E-state index contributed by atoms with van der Waals surface area (Å²) in [7, 11) is 3.19. The molecule has 1 amide bonds. The second-order valence-corrected chi connectivity index (χ2v) is 4.64. The van der Waals surface area contributed by atoms with Gasteiger partial charge in [-0.2, -0.15) is 18.3 Å². The van der Waals surface area contributed by atoms with Crippen LogP contribution in [0.25, 0.3) is 0 Å². The van der Waals surface area contributed by atoms with Gasteiger partial charge in [0.15, 0.2) is 0 Å². The van der Waals surface area contributed by atoms with Gasteiger partial charge in [-0.05, 0) is 24.3 Å². The Balaban J connectivity index is 0.00000288. The largest absolute Gasteiger partial charge is 0.487 e. The summed E-state index contributed by atoms with van der Waals surface area (Å²) in [6.07, 6.45) is -3.00. The van der Waals surface area contributed by atoms with E-state index in [9.17, 15) is 18.0 Å². The van der Waals surface area contributed by atoms with E-state index in [1.165, 1.54) is 23.0 Å². The highest BCUT2D eigenvalue weighted by Gasteiger charge is 2.30. The number of aromatic nitrogens is 2. The minimum atomic E-state index is -4.39. The molecule has 0 aliphatic heterocycles. The van der Waals surface area contributed by atoms with Gasteiger partial charge in [0.25, 0.3) is 5.91 Å². The van der Waals surface area contributed by atoms with Crippen molar-refractivity contribution in [2.45, 2.75) is 12.8 Å². The molecule has 2 N–H and O–H groups in total. The molecule has 0 spiro atoms. The molecule has 1 heterocycles. The van der Waals surface area contributed by atoms with Crippen LogP contribution in [0.4, 0.5) is 13.2 Å². The van der Waals surface area contributed by atoms with Crippen LogP contribution >= 0.6 is 12.4 Å². The van der Waals surface area contributed by atoms with Crippen molar-refractivity contribution in [3.8, 4) is 5.75 Å². The van der Waals surface area contributed by atoms with E-state index in [-0.39, 0.29) is 30.7 Å². The van der Waals surface area contributed by atoms with Crippen LogP contribution in [0, 0.1) is 0 Å². The molecule has 0 bridgehead atoms. The third-order valence-electron chi connectivity index (χ3n) is 3.10. The summed E-state index contributed by atoms with van der Waals surface area (Å²) in [6, 6.07) is 4.33. The maximum Gasteiger partial charge on any atom is 0.416 e. The highest BCUT2D eigenvalue weighted by Crippen LogP contribution is 2.30. The van der Waals surface area contributed by atoms with Gasteiger partial charge < -0.3 is 4.74 Å². The van der Waals surface area contributed by atoms with Gasteiger partial charge in [0.1, 0.15) is 12.4 Å². The molecular formula is C14H16ClF3N4O2. The number of benzene rings is 1. The number of carbonyl (C=O) groups excluding carboxylic acids is 1. The number of alkyl halides is 3. The molecule has 0 atom stereocenters. The van der Waals surface area contributed by atoms with E-state index in [0.717, 1.165) is 12.1 Å². The third-order valence-corrected chi connectivity index (χ3v) is 3.10. The number of hydrogen-bond donors (Lipinski definition) is 2. The van der Waals surface area contributed by atoms with Crippen LogP contribution in [0.3, 0.4) is 0 Å². The highest BCUT2D eigenvalue weighted by molar-refractivity contribution is 5.94. The van der Waals surface area contributed by atoms with Crippen molar-refractivity contribution >= 4 is 18.3 Å². The van der Waals surface area contributed by atoms with Gasteiger partial charge in [-0.3, -0.25) is 14.9 Å². The first-order valence-electron chi connectivity index (χ1n) is 6.61. The minimum Gasteiger partial charge on any atom is -0.487 e. The van der Waals surface area contributed by atoms with Gasteiger partial charge >= 0.3 is 6.18 Å². The molecule has 0 unspecified atom stereocenters. The van der Waals surface area contributed by atoms with E-state index < -0.39 is 11.7 Å². The van der Waals surface area contributed by atoms with Crippen LogP contribution in [-0.2, 0) is 19.8 Å². The van der Waals surface area contributed by atoms with Crippen LogP contribution in [0.5, 0.6) is 5.75 Å². The Morgan fingerprint density at radius 2 is 1.92 bits per heavy atom. The summed E-state index contributed by atoms with van der Waals surface area (Å²) in [4.78, 5) is 11.8.